The molecule has 0 amide bonds. The van der Waals surface area contributed by atoms with E-state index >= 15 is 0 Å². The molecule has 0 radical (unpaired) electrons. The van der Waals surface area contributed by atoms with E-state index in [9.17, 15) is 13.2 Å². The van der Waals surface area contributed by atoms with Crippen molar-refractivity contribution in [3.63, 3.8) is 0 Å². The first kappa shape index (κ1) is 19.1. The molecule has 0 spiro atoms. The highest BCUT2D eigenvalue weighted by Crippen LogP contribution is 2.19. The van der Waals surface area contributed by atoms with Crippen LogP contribution < -0.4 is 4.72 Å². The van der Waals surface area contributed by atoms with Crippen molar-refractivity contribution in [1.29, 1.82) is 0 Å². The van der Waals surface area contributed by atoms with Crippen LogP contribution in [-0.2, 0) is 26.0 Å². The molecule has 22 heavy (non-hydrogen) atoms. The lowest BCUT2D eigenvalue weighted by Gasteiger charge is -2.18. The maximum atomic E-state index is 12.2. The van der Waals surface area contributed by atoms with E-state index in [4.69, 9.17) is 0 Å². The molecule has 6 nitrogen and oxygen atoms in total. The normalized spacial score (nSPS) is 14.8. The molecule has 0 bridgehead atoms. The molecule has 1 rings (SSSR count). The highest BCUT2D eigenvalue weighted by molar-refractivity contribution is 7.90. The van der Waals surface area contributed by atoms with Gasteiger partial charge in [0.25, 0.3) is 0 Å². The molecule has 0 aromatic carbocycles. The van der Waals surface area contributed by atoms with Gasteiger partial charge in [-0.3, -0.25) is 4.79 Å². The fourth-order valence-corrected chi connectivity index (χ4v) is 3.97. The minimum absolute atomic E-state index is 0.266. The van der Waals surface area contributed by atoms with Crippen LogP contribution in [-0.4, -0.2) is 38.3 Å². The van der Waals surface area contributed by atoms with Crippen molar-refractivity contribution < 1.29 is 17.9 Å². The monoisotopic (exact) mass is 348 g/mol. The Hall–Kier alpha value is -0.990. The third kappa shape index (κ3) is 5.03. The smallest absolute Gasteiger partial charge is 0.309 e. The number of esters is 1. The quantitative estimate of drug-likeness (QED) is 0.726. The molecule has 1 heterocycles. The fraction of sp³-hybridized carbons (Fsp3) is 0.714. The summed E-state index contributed by atoms with van der Waals surface area (Å²) in [4.78, 5) is 15.9. The SMILES string of the molecule is COC(=O)C(C)C(C)S(=O)(=O)NCCc1csc(C(C)C)n1. The van der Waals surface area contributed by atoms with Crippen LogP contribution in [0.15, 0.2) is 5.38 Å². The van der Waals surface area contributed by atoms with Crippen molar-refractivity contribution in [2.45, 2.75) is 45.3 Å². The predicted molar refractivity (Wildman–Crippen MR) is 87.5 cm³/mol. The number of sulfonamides is 1. The molecule has 0 aliphatic carbocycles. The largest absolute Gasteiger partial charge is 0.469 e. The molecular weight excluding hydrogens is 324 g/mol. The van der Waals surface area contributed by atoms with E-state index in [0.717, 1.165) is 10.7 Å². The summed E-state index contributed by atoms with van der Waals surface area (Å²) in [6.45, 7) is 7.46. The first-order valence-electron chi connectivity index (χ1n) is 7.19. The van der Waals surface area contributed by atoms with Crippen LogP contribution in [0.2, 0.25) is 0 Å². The van der Waals surface area contributed by atoms with Crippen molar-refractivity contribution in [3.05, 3.63) is 16.1 Å². The molecule has 2 unspecified atom stereocenters. The molecule has 0 aliphatic rings. The van der Waals surface area contributed by atoms with Gasteiger partial charge >= 0.3 is 5.97 Å². The fourth-order valence-electron chi connectivity index (χ4n) is 1.80. The second-order valence-electron chi connectivity index (χ2n) is 5.54. The second kappa shape index (κ2) is 8.03. The lowest BCUT2D eigenvalue weighted by molar-refractivity contribution is -0.144. The minimum atomic E-state index is -3.57. The van der Waals surface area contributed by atoms with E-state index < -0.39 is 27.2 Å². The summed E-state index contributed by atoms with van der Waals surface area (Å²) in [7, 11) is -2.32. The maximum absolute atomic E-state index is 12.2. The van der Waals surface area contributed by atoms with E-state index in [1.807, 2.05) is 5.38 Å². The van der Waals surface area contributed by atoms with Gasteiger partial charge in [0.1, 0.15) is 0 Å². The summed E-state index contributed by atoms with van der Waals surface area (Å²) >= 11 is 1.58. The van der Waals surface area contributed by atoms with E-state index in [1.165, 1.54) is 14.0 Å². The van der Waals surface area contributed by atoms with Gasteiger partial charge in [-0.25, -0.2) is 18.1 Å². The molecule has 0 aliphatic heterocycles. The average Bonchev–Trinajstić information content (AvgIpc) is 2.93. The molecule has 0 saturated carbocycles. The topological polar surface area (TPSA) is 85.4 Å². The Morgan fingerprint density at radius 2 is 2.00 bits per heavy atom. The number of aromatic nitrogens is 1. The van der Waals surface area contributed by atoms with E-state index in [0.29, 0.717) is 12.3 Å². The van der Waals surface area contributed by atoms with Crippen LogP contribution in [0.25, 0.3) is 0 Å². The Kier molecular flexibility index (Phi) is 6.96. The Balaban J connectivity index is 2.56. The van der Waals surface area contributed by atoms with Gasteiger partial charge in [0.05, 0.1) is 29.0 Å². The third-order valence-electron chi connectivity index (χ3n) is 3.51. The molecule has 8 heteroatoms. The summed E-state index contributed by atoms with van der Waals surface area (Å²) in [6.07, 6.45) is 0.530. The summed E-state index contributed by atoms with van der Waals surface area (Å²) in [5.74, 6) is -0.871. The van der Waals surface area contributed by atoms with Gasteiger partial charge in [-0.15, -0.1) is 11.3 Å². The van der Waals surface area contributed by atoms with Crippen molar-refractivity contribution in [3.8, 4) is 0 Å². The molecule has 1 N–H and O–H groups in total. The van der Waals surface area contributed by atoms with Gasteiger partial charge in [0.15, 0.2) is 0 Å². The Labute approximate surface area is 136 Å². The lowest BCUT2D eigenvalue weighted by atomic mass is 10.1. The Morgan fingerprint density at radius 1 is 1.36 bits per heavy atom. The van der Waals surface area contributed by atoms with Gasteiger partial charge in [-0.1, -0.05) is 20.8 Å². The van der Waals surface area contributed by atoms with Crippen molar-refractivity contribution >= 4 is 27.3 Å². The molecule has 1 aromatic heterocycles. The second-order valence-corrected chi connectivity index (χ2v) is 8.55. The Bertz CT molecular complexity index is 596. The van der Waals surface area contributed by atoms with Crippen LogP contribution in [0.3, 0.4) is 0 Å². The number of hydrogen-bond donors (Lipinski definition) is 1. The summed E-state index contributed by atoms with van der Waals surface area (Å²) in [5, 5.41) is 2.15. The third-order valence-corrected chi connectivity index (χ3v) is 6.70. The molecule has 2 atom stereocenters. The summed E-state index contributed by atoms with van der Waals surface area (Å²) < 4.78 is 31.4. The maximum Gasteiger partial charge on any atom is 0.309 e. The van der Waals surface area contributed by atoms with Crippen LogP contribution in [0, 0.1) is 5.92 Å². The van der Waals surface area contributed by atoms with Crippen molar-refractivity contribution in [2.24, 2.45) is 5.92 Å². The number of hydrogen-bond acceptors (Lipinski definition) is 6. The van der Waals surface area contributed by atoms with E-state index in [-0.39, 0.29) is 6.54 Å². The van der Waals surface area contributed by atoms with E-state index in [1.54, 1.807) is 18.3 Å². The number of carbonyl (C=O) groups excluding carboxylic acids is 1. The number of rotatable bonds is 8. The van der Waals surface area contributed by atoms with Crippen LogP contribution >= 0.6 is 11.3 Å². The number of methoxy groups -OCH3 is 1. The van der Waals surface area contributed by atoms with Gasteiger partial charge in [0.2, 0.25) is 10.0 Å². The van der Waals surface area contributed by atoms with Crippen LogP contribution in [0.4, 0.5) is 0 Å². The number of nitrogens with zero attached hydrogens (tertiary/aromatic N) is 1. The minimum Gasteiger partial charge on any atom is -0.469 e. The highest BCUT2D eigenvalue weighted by atomic mass is 32.2. The molecular formula is C14H24N2O4S2. The molecule has 0 fully saturated rings. The summed E-state index contributed by atoms with van der Waals surface area (Å²) in [5.41, 5.74) is 0.880. The number of nitrogens with one attached hydrogen (secondary N) is 1. The Morgan fingerprint density at radius 3 is 2.50 bits per heavy atom. The number of thiazole rings is 1. The predicted octanol–water partition coefficient (Wildman–Crippen LogP) is 1.93. The first-order valence-corrected chi connectivity index (χ1v) is 9.62. The van der Waals surface area contributed by atoms with Crippen LogP contribution in [0.5, 0.6) is 0 Å². The van der Waals surface area contributed by atoms with Gasteiger partial charge < -0.3 is 4.74 Å². The van der Waals surface area contributed by atoms with Crippen molar-refractivity contribution in [1.82, 2.24) is 9.71 Å². The zero-order valence-electron chi connectivity index (χ0n) is 13.6. The zero-order chi connectivity index (χ0) is 16.9. The molecule has 0 saturated heterocycles. The van der Waals surface area contributed by atoms with Crippen molar-refractivity contribution in [2.75, 3.05) is 13.7 Å². The van der Waals surface area contributed by atoms with Gasteiger partial charge in [-0.2, -0.15) is 0 Å². The zero-order valence-corrected chi connectivity index (χ0v) is 15.3. The van der Waals surface area contributed by atoms with Gasteiger partial charge in [0, 0.05) is 24.3 Å². The van der Waals surface area contributed by atoms with E-state index in [2.05, 4.69) is 28.3 Å². The summed E-state index contributed by atoms with van der Waals surface area (Å²) in [6, 6.07) is 0. The first-order chi connectivity index (χ1) is 10.2. The van der Waals surface area contributed by atoms with Crippen LogP contribution in [0.1, 0.15) is 44.3 Å². The molecule has 126 valence electrons. The number of ether oxygens (including phenoxy) is 1. The lowest BCUT2D eigenvalue weighted by Crippen LogP contribution is -2.40. The molecule has 1 aromatic rings. The van der Waals surface area contributed by atoms with Gasteiger partial charge in [-0.05, 0) is 6.92 Å². The average molecular weight is 348 g/mol. The standard InChI is InChI=1S/C14H24N2O4S2/c1-9(2)13-16-12(8-21-13)6-7-15-22(18,19)11(4)10(3)14(17)20-5/h8-11,15H,6-7H2,1-5H3. The highest BCUT2D eigenvalue weighted by Gasteiger charge is 2.31. The number of carbonyl (C=O) groups is 1.